The highest BCUT2D eigenvalue weighted by atomic mass is 32.1. The monoisotopic (exact) mass is 332 g/mol. The van der Waals surface area contributed by atoms with Crippen molar-refractivity contribution in [1.82, 2.24) is 0 Å². The molecule has 0 unspecified atom stereocenters. The lowest BCUT2D eigenvalue weighted by molar-refractivity contribution is 0.483. The zero-order valence-electron chi connectivity index (χ0n) is 12.1. The van der Waals surface area contributed by atoms with Gasteiger partial charge in [-0.25, -0.2) is 0 Å². The lowest BCUT2D eigenvalue weighted by Crippen LogP contribution is -1.74. The fourth-order valence-electron chi connectivity index (χ4n) is 3.12. The van der Waals surface area contributed by atoms with E-state index in [0.717, 1.165) is 10.1 Å². The van der Waals surface area contributed by atoms with Crippen molar-refractivity contribution in [1.29, 1.82) is 0 Å². The fourth-order valence-corrected chi connectivity index (χ4v) is 5.70. The van der Waals surface area contributed by atoms with Gasteiger partial charge in [-0.2, -0.15) is 0 Å². The fraction of sp³-hybridized carbons (Fsp3) is 0. The van der Waals surface area contributed by atoms with Gasteiger partial charge in [0.2, 0.25) is 0 Å². The molecule has 0 fully saturated rings. The van der Waals surface area contributed by atoms with Gasteiger partial charge in [-0.15, -0.1) is 22.7 Å². The molecule has 0 aliphatic heterocycles. The van der Waals surface area contributed by atoms with E-state index in [0.29, 0.717) is 5.75 Å². The van der Waals surface area contributed by atoms with E-state index in [2.05, 4.69) is 48.5 Å². The van der Waals surface area contributed by atoms with Crippen molar-refractivity contribution in [2.45, 2.75) is 0 Å². The van der Waals surface area contributed by atoms with Crippen molar-refractivity contribution in [3.8, 4) is 16.2 Å². The molecule has 110 valence electrons. The third kappa shape index (κ3) is 1.90. The van der Waals surface area contributed by atoms with Gasteiger partial charge in [0.15, 0.2) is 0 Å². The number of aromatic hydroxyl groups is 1. The summed E-state index contributed by atoms with van der Waals surface area (Å²) in [4.78, 5) is 1.28. The van der Waals surface area contributed by atoms with Crippen LogP contribution in [0.15, 0.2) is 66.7 Å². The van der Waals surface area contributed by atoms with E-state index < -0.39 is 0 Å². The van der Waals surface area contributed by atoms with Crippen LogP contribution in [-0.2, 0) is 0 Å². The minimum absolute atomic E-state index is 0.383. The maximum absolute atomic E-state index is 10.4. The number of phenols is 1. The van der Waals surface area contributed by atoms with Crippen LogP contribution in [0.1, 0.15) is 0 Å². The van der Waals surface area contributed by atoms with Gasteiger partial charge in [-0.3, -0.25) is 0 Å². The number of hydrogen-bond acceptors (Lipinski definition) is 3. The number of phenolic OH excluding ortho intramolecular Hbond substituents is 1. The highest BCUT2D eigenvalue weighted by molar-refractivity contribution is 7.34. The summed E-state index contributed by atoms with van der Waals surface area (Å²) < 4.78 is 3.51. The van der Waals surface area contributed by atoms with Crippen molar-refractivity contribution in [3.63, 3.8) is 0 Å². The first-order valence-electron chi connectivity index (χ1n) is 7.43. The van der Waals surface area contributed by atoms with E-state index >= 15 is 0 Å². The topological polar surface area (TPSA) is 20.2 Å². The zero-order chi connectivity index (χ0) is 15.4. The van der Waals surface area contributed by atoms with Crippen LogP contribution >= 0.6 is 22.7 Å². The third-order valence-electron chi connectivity index (χ3n) is 4.18. The molecule has 2 heterocycles. The molecule has 0 spiro atoms. The number of hydrogen-bond donors (Lipinski definition) is 1. The summed E-state index contributed by atoms with van der Waals surface area (Å²) in [7, 11) is 0. The lowest BCUT2D eigenvalue weighted by atomic mass is 10.1. The van der Waals surface area contributed by atoms with Crippen LogP contribution in [0.2, 0.25) is 0 Å². The van der Waals surface area contributed by atoms with Crippen LogP contribution in [0.4, 0.5) is 0 Å². The molecule has 0 saturated carbocycles. The summed E-state index contributed by atoms with van der Waals surface area (Å²) in [6.07, 6.45) is 0. The average molecular weight is 332 g/mol. The number of thiophene rings is 2. The van der Waals surface area contributed by atoms with Crippen molar-refractivity contribution >= 4 is 52.9 Å². The smallest absolute Gasteiger partial charge is 0.134 e. The molecular formula is C20H12OS2. The summed E-state index contributed by atoms with van der Waals surface area (Å²) in [5.41, 5.74) is 1.25. The minimum Gasteiger partial charge on any atom is -0.506 e. The summed E-state index contributed by atoms with van der Waals surface area (Å²) in [6.45, 7) is 0. The lowest BCUT2D eigenvalue weighted by Gasteiger charge is -2.02. The molecule has 0 bridgehead atoms. The molecule has 0 aliphatic rings. The number of fused-ring (bicyclic) bond motifs is 5. The minimum atomic E-state index is 0.383. The highest BCUT2D eigenvalue weighted by Gasteiger charge is 2.15. The summed E-state index contributed by atoms with van der Waals surface area (Å²) in [5.74, 6) is 0.383. The number of rotatable bonds is 1. The van der Waals surface area contributed by atoms with Crippen LogP contribution in [0.5, 0.6) is 5.75 Å². The third-order valence-corrected chi connectivity index (χ3v) is 6.67. The Hall–Kier alpha value is -2.36. The van der Waals surface area contributed by atoms with Crippen LogP contribution in [0, 0.1) is 0 Å². The van der Waals surface area contributed by atoms with Crippen molar-refractivity contribution in [2.75, 3.05) is 0 Å². The van der Waals surface area contributed by atoms with Gasteiger partial charge in [0.05, 0.1) is 9.40 Å². The summed E-state index contributed by atoms with van der Waals surface area (Å²) >= 11 is 3.49. The molecular weight excluding hydrogens is 320 g/mol. The first-order valence-corrected chi connectivity index (χ1v) is 9.07. The average Bonchev–Trinajstić information content (AvgIpc) is 3.14. The quantitative estimate of drug-likeness (QED) is 0.365. The normalized spacial score (nSPS) is 11.7. The highest BCUT2D eigenvalue weighted by Crippen LogP contribution is 2.48. The Kier molecular flexibility index (Phi) is 2.75. The van der Waals surface area contributed by atoms with E-state index in [9.17, 15) is 5.11 Å². The maximum atomic E-state index is 10.4. The Balaban J connectivity index is 1.91. The van der Waals surface area contributed by atoms with Crippen molar-refractivity contribution in [3.05, 3.63) is 66.7 Å². The van der Waals surface area contributed by atoms with E-state index in [1.165, 1.54) is 30.6 Å². The summed E-state index contributed by atoms with van der Waals surface area (Å²) in [5, 5.41) is 13.9. The predicted molar refractivity (Wildman–Crippen MR) is 102 cm³/mol. The SMILES string of the molecule is Oc1cc2ccccc2c2c1sc1cc(-c3ccccc3)sc12. The molecule has 3 heteroatoms. The van der Waals surface area contributed by atoms with Crippen LogP contribution in [-0.4, -0.2) is 5.11 Å². The molecule has 0 radical (unpaired) electrons. The number of benzene rings is 3. The largest absolute Gasteiger partial charge is 0.506 e. The standard InChI is InChI=1S/C20H12OS2/c21-15-10-13-8-4-5-9-14(13)18-19(15)23-17-11-16(22-20(17)18)12-6-2-1-3-7-12/h1-11,21H. The van der Waals surface area contributed by atoms with Gasteiger partial charge in [-0.1, -0.05) is 54.6 Å². The molecule has 5 rings (SSSR count). The van der Waals surface area contributed by atoms with Crippen LogP contribution in [0.3, 0.4) is 0 Å². The van der Waals surface area contributed by atoms with Gasteiger partial charge >= 0.3 is 0 Å². The maximum Gasteiger partial charge on any atom is 0.134 e. The van der Waals surface area contributed by atoms with Gasteiger partial charge < -0.3 is 5.11 Å². The zero-order valence-corrected chi connectivity index (χ0v) is 13.7. The van der Waals surface area contributed by atoms with Crippen molar-refractivity contribution < 1.29 is 5.11 Å². The van der Waals surface area contributed by atoms with E-state index in [-0.39, 0.29) is 0 Å². The van der Waals surface area contributed by atoms with Crippen LogP contribution in [0.25, 0.3) is 40.7 Å². The van der Waals surface area contributed by atoms with Gasteiger partial charge in [0.1, 0.15) is 5.75 Å². The Morgan fingerprint density at radius 3 is 2.39 bits per heavy atom. The molecule has 3 aromatic carbocycles. The predicted octanol–water partition coefficient (Wildman–Crippen LogP) is 6.64. The molecule has 0 saturated heterocycles. The second-order valence-corrected chi connectivity index (χ2v) is 7.70. The Bertz CT molecular complexity index is 1170. The first kappa shape index (κ1) is 13.1. The molecule has 23 heavy (non-hydrogen) atoms. The molecule has 1 N–H and O–H groups in total. The van der Waals surface area contributed by atoms with Crippen molar-refractivity contribution in [2.24, 2.45) is 0 Å². The Morgan fingerprint density at radius 2 is 1.52 bits per heavy atom. The molecule has 0 amide bonds. The van der Waals surface area contributed by atoms with Gasteiger partial charge in [0, 0.05) is 15.0 Å². The van der Waals surface area contributed by atoms with Gasteiger partial charge in [0.25, 0.3) is 0 Å². The molecule has 1 nitrogen and oxygen atoms in total. The Morgan fingerprint density at radius 1 is 0.739 bits per heavy atom. The van der Waals surface area contributed by atoms with Gasteiger partial charge in [-0.05, 0) is 28.5 Å². The first-order chi connectivity index (χ1) is 11.3. The second kappa shape index (κ2) is 4.82. The summed E-state index contributed by atoms with van der Waals surface area (Å²) in [6, 6.07) is 22.9. The van der Waals surface area contributed by atoms with Crippen LogP contribution < -0.4 is 0 Å². The second-order valence-electron chi connectivity index (χ2n) is 5.59. The van der Waals surface area contributed by atoms with E-state index in [1.807, 2.05) is 29.5 Å². The molecule has 5 aromatic rings. The van der Waals surface area contributed by atoms with E-state index in [4.69, 9.17) is 0 Å². The molecule has 0 aliphatic carbocycles. The van der Waals surface area contributed by atoms with E-state index in [1.54, 1.807) is 11.3 Å². The molecule has 0 atom stereocenters. The Labute approximate surface area is 141 Å². The molecule has 2 aromatic heterocycles.